The van der Waals surface area contributed by atoms with E-state index in [1.54, 1.807) is 18.2 Å². The SMILES string of the molecule is CC(C)Oc1ncc(C(=O)N[C@@H]2CCCC[C@H]2O)cc1-c1ccc(Cl)cc1. The van der Waals surface area contributed by atoms with Crippen molar-refractivity contribution in [2.24, 2.45) is 0 Å². The highest BCUT2D eigenvalue weighted by Gasteiger charge is 2.25. The van der Waals surface area contributed by atoms with E-state index in [4.69, 9.17) is 16.3 Å². The van der Waals surface area contributed by atoms with E-state index in [0.717, 1.165) is 36.8 Å². The van der Waals surface area contributed by atoms with Crippen molar-refractivity contribution in [2.75, 3.05) is 0 Å². The average Bonchev–Trinajstić information content (AvgIpc) is 2.64. The van der Waals surface area contributed by atoms with Crippen molar-refractivity contribution in [1.82, 2.24) is 10.3 Å². The van der Waals surface area contributed by atoms with E-state index in [2.05, 4.69) is 10.3 Å². The first-order valence-electron chi connectivity index (χ1n) is 9.35. The Balaban J connectivity index is 1.88. The Hall–Kier alpha value is -2.11. The van der Waals surface area contributed by atoms with Crippen LogP contribution in [0.5, 0.6) is 5.88 Å². The van der Waals surface area contributed by atoms with Gasteiger partial charge in [0.15, 0.2) is 0 Å². The number of pyridine rings is 1. The van der Waals surface area contributed by atoms with Crippen LogP contribution in [0.4, 0.5) is 0 Å². The Morgan fingerprint density at radius 1 is 1.26 bits per heavy atom. The van der Waals surface area contributed by atoms with E-state index >= 15 is 0 Å². The fourth-order valence-corrected chi connectivity index (χ4v) is 3.39. The average molecular weight is 389 g/mol. The van der Waals surface area contributed by atoms with Gasteiger partial charge in [0.1, 0.15) is 0 Å². The minimum atomic E-state index is -0.491. The Labute approximate surface area is 164 Å². The summed E-state index contributed by atoms with van der Waals surface area (Å²) in [4.78, 5) is 17.1. The number of nitrogens with one attached hydrogen (secondary N) is 1. The zero-order valence-corrected chi connectivity index (χ0v) is 16.4. The van der Waals surface area contributed by atoms with Crippen LogP contribution in [0.2, 0.25) is 5.02 Å². The van der Waals surface area contributed by atoms with E-state index in [1.807, 2.05) is 26.0 Å². The summed E-state index contributed by atoms with van der Waals surface area (Å²) in [5.74, 6) is 0.237. The van der Waals surface area contributed by atoms with Crippen LogP contribution in [0.25, 0.3) is 11.1 Å². The van der Waals surface area contributed by atoms with Crippen molar-refractivity contribution in [3.05, 3.63) is 47.1 Å². The number of halogens is 1. The number of hydrogen-bond acceptors (Lipinski definition) is 4. The second-order valence-electron chi connectivity index (χ2n) is 7.18. The third kappa shape index (κ3) is 4.99. The largest absolute Gasteiger partial charge is 0.475 e. The lowest BCUT2D eigenvalue weighted by Gasteiger charge is -2.28. The second kappa shape index (κ2) is 8.72. The van der Waals surface area contributed by atoms with Gasteiger partial charge in [-0.15, -0.1) is 0 Å². The standard InChI is InChI=1S/C21H25ClN2O3/c1-13(2)27-21-17(14-7-9-16(22)10-8-14)11-15(12-23-21)20(26)24-18-5-3-4-6-19(18)25/h7-13,18-19,25H,3-6H2,1-2H3,(H,24,26)/t18-,19-/m1/s1. The molecule has 27 heavy (non-hydrogen) atoms. The van der Waals surface area contributed by atoms with Crippen LogP contribution in [-0.4, -0.2) is 34.2 Å². The highest BCUT2D eigenvalue weighted by Crippen LogP contribution is 2.31. The molecule has 1 aromatic carbocycles. The molecule has 144 valence electrons. The number of nitrogens with zero attached hydrogens (tertiary/aromatic N) is 1. The molecule has 0 radical (unpaired) electrons. The number of aliphatic hydroxyl groups is 1. The van der Waals surface area contributed by atoms with Crippen LogP contribution < -0.4 is 10.1 Å². The summed E-state index contributed by atoms with van der Waals surface area (Å²) in [6, 6.07) is 8.90. The molecule has 2 N–H and O–H groups in total. The molecular weight excluding hydrogens is 364 g/mol. The van der Waals surface area contributed by atoms with Crippen molar-refractivity contribution in [3.8, 4) is 17.0 Å². The van der Waals surface area contributed by atoms with Crippen LogP contribution in [0.15, 0.2) is 36.5 Å². The van der Waals surface area contributed by atoms with Crippen molar-refractivity contribution in [3.63, 3.8) is 0 Å². The molecule has 0 unspecified atom stereocenters. The predicted molar refractivity (Wildman–Crippen MR) is 106 cm³/mol. The minimum absolute atomic E-state index is 0.0411. The molecule has 1 aliphatic rings. The molecule has 1 fully saturated rings. The summed E-state index contributed by atoms with van der Waals surface area (Å²) >= 11 is 5.99. The first-order chi connectivity index (χ1) is 12.9. The number of carbonyl (C=O) groups is 1. The summed E-state index contributed by atoms with van der Waals surface area (Å²) in [5.41, 5.74) is 2.04. The van der Waals surface area contributed by atoms with E-state index < -0.39 is 6.10 Å². The number of benzene rings is 1. The quantitative estimate of drug-likeness (QED) is 0.804. The third-order valence-electron chi connectivity index (χ3n) is 4.66. The van der Waals surface area contributed by atoms with Gasteiger partial charge in [-0.2, -0.15) is 0 Å². The van der Waals surface area contributed by atoms with Crippen LogP contribution in [0.3, 0.4) is 0 Å². The molecule has 1 aliphatic carbocycles. The molecular formula is C21H25ClN2O3. The summed E-state index contributed by atoms with van der Waals surface area (Å²) in [5, 5.41) is 13.7. The van der Waals surface area contributed by atoms with Crippen LogP contribution in [0, 0.1) is 0 Å². The Bertz CT molecular complexity index is 793. The lowest BCUT2D eigenvalue weighted by molar-refractivity contribution is 0.0717. The Morgan fingerprint density at radius 2 is 1.96 bits per heavy atom. The fourth-order valence-electron chi connectivity index (χ4n) is 3.26. The highest BCUT2D eigenvalue weighted by molar-refractivity contribution is 6.30. The van der Waals surface area contributed by atoms with Gasteiger partial charge in [-0.05, 0) is 50.5 Å². The zero-order chi connectivity index (χ0) is 19.4. The topological polar surface area (TPSA) is 71.5 Å². The van der Waals surface area contributed by atoms with Crippen LogP contribution in [0.1, 0.15) is 49.9 Å². The maximum Gasteiger partial charge on any atom is 0.253 e. The summed E-state index contributed by atoms with van der Waals surface area (Å²) in [6.45, 7) is 3.86. The first-order valence-corrected chi connectivity index (χ1v) is 9.73. The lowest BCUT2D eigenvalue weighted by Crippen LogP contribution is -2.45. The molecule has 6 heteroatoms. The van der Waals surface area contributed by atoms with E-state index in [1.165, 1.54) is 6.20 Å². The second-order valence-corrected chi connectivity index (χ2v) is 7.62. The first kappa shape index (κ1) is 19.6. The van der Waals surface area contributed by atoms with Gasteiger partial charge in [-0.25, -0.2) is 4.98 Å². The van der Waals surface area contributed by atoms with Gasteiger partial charge in [0.25, 0.3) is 5.91 Å². The van der Waals surface area contributed by atoms with E-state index in [-0.39, 0.29) is 18.1 Å². The molecule has 2 aromatic rings. The molecule has 3 rings (SSSR count). The summed E-state index contributed by atoms with van der Waals surface area (Å²) < 4.78 is 5.82. The third-order valence-corrected chi connectivity index (χ3v) is 4.91. The highest BCUT2D eigenvalue weighted by atomic mass is 35.5. The van der Waals surface area contributed by atoms with Gasteiger partial charge in [-0.1, -0.05) is 36.6 Å². The fraction of sp³-hybridized carbons (Fsp3) is 0.429. The molecule has 0 saturated heterocycles. The maximum atomic E-state index is 12.7. The number of amides is 1. The smallest absolute Gasteiger partial charge is 0.253 e. The van der Waals surface area contributed by atoms with Gasteiger partial charge < -0.3 is 15.2 Å². The molecule has 1 heterocycles. The molecule has 1 saturated carbocycles. The number of rotatable bonds is 5. The number of ether oxygens (including phenoxy) is 1. The van der Waals surface area contributed by atoms with Gasteiger partial charge in [0.05, 0.1) is 23.8 Å². The van der Waals surface area contributed by atoms with Gasteiger partial charge >= 0.3 is 0 Å². The number of carbonyl (C=O) groups excluding carboxylic acids is 1. The number of aliphatic hydroxyl groups excluding tert-OH is 1. The molecule has 0 aliphatic heterocycles. The number of hydrogen-bond donors (Lipinski definition) is 2. The molecule has 0 bridgehead atoms. The van der Waals surface area contributed by atoms with Crippen molar-refractivity contribution < 1.29 is 14.6 Å². The monoisotopic (exact) mass is 388 g/mol. The summed E-state index contributed by atoms with van der Waals surface area (Å²) in [6.07, 6.45) is 4.51. The normalized spacial score (nSPS) is 19.7. The molecule has 0 spiro atoms. The number of aromatic nitrogens is 1. The molecule has 1 amide bonds. The zero-order valence-electron chi connectivity index (χ0n) is 15.6. The van der Waals surface area contributed by atoms with Crippen molar-refractivity contribution in [1.29, 1.82) is 0 Å². The van der Waals surface area contributed by atoms with Crippen molar-refractivity contribution >= 4 is 17.5 Å². The van der Waals surface area contributed by atoms with Crippen molar-refractivity contribution in [2.45, 2.75) is 57.8 Å². The lowest BCUT2D eigenvalue weighted by atomic mass is 9.92. The van der Waals surface area contributed by atoms with E-state index in [9.17, 15) is 9.90 Å². The van der Waals surface area contributed by atoms with Crippen LogP contribution in [-0.2, 0) is 0 Å². The Kier molecular flexibility index (Phi) is 6.34. The van der Waals surface area contributed by atoms with Gasteiger partial charge in [0.2, 0.25) is 5.88 Å². The maximum absolute atomic E-state index is 12.7. The van der Waals surface area contributed by atoms with Gasteiger partial charge in [-0.3, -0.25) is 4.79 Å². The molecule has 5 nitrogen and oxygen atoms in total. The molecule has 2 atom stereocenters. The van der Waals surface area contributed by atoms with Crippen LogP contribution >= 0.6 is 11.6 Å². The van der Waals surface area contributed by atoms with Gasteiger partial charge in [0, 0.05) is 16.8 Å². The predicted octanol–water partition coefficient (Wildman–Crippen LogP) is 4.22. The summed E-state index contributed by atoms with van der Waals surface area (Å²) in [7, 11) is 0. The minimum Gasteiger partial charge on any atom is -0.475 e. The molecule has 1 aromatic heterocycles. The Morgan fingerprint density at radius 3 is 2.63 bits per heavy atom. The van der Waals surface area contributed by atoms with E-state index in [0.29, 0.717) is 16.5 Å².